The zero-order valence-corrected chi connectivity index (χ0v) is 8.93. The monoisotopic (exact) mass is 216 g/mol. The first-order valence-electron chi connectivity index (χ1n) is 4.71. The number of carboxylic acid groups (broad SMARTS) is 1. The van der Waals surface area contributed by atoms with Crippen LogP contribution in [0.5, 0.6) is 5.75 Å². The van der Waals surface area contributed by atoms with Gasteiger partial charge in [-0.1, -0.05) is 17.6 Å². The second-order valence-electron chi connectivity index (χ2n) is 3.21. The van der Waals surface area contributed by atoms with Gasteiger partial charge >= 0.3 is 5.97 Å². The van der Waals surface area contributed by atoms with E-state index in [1.165, 1.54) is 6.08 Å². The molecule has 3 heteroatoms. The van der Waals surface area contributed by atoms with Crippen molar-refractivity contribution in [3.8, 4) is 18.1 Å². The molecule has 1 aromatic rings. The average Bonchev–Trinajstić information content (AvgIpc) is 2.25. The molecule has 0 aliphatic heterocycles. The summed E-state index contributed by atoms with van der Waals surface area (Å²) in [5.74, 6) is 1.95. The fourth-order valence-electron chi connectivity index (χ4n) is 1.21. The van der Waals surface area contributed by atoms with E-state index in [0.717, 1.165) is 11.6 Å². The van der Waals surface area contributed by atoms with Crippen LogP contribution in [-0.2, 0) is 4.79 Å². The predicted molar refractivity (Wildman–Crippen MR) is 62.2 cm³/mol. The third-order valence-corrected chi connectivity index (χ3v) is 1.88. The summed E-state index contributed by atoms with van der Waals surface area (Å²) in [4.78, 5) is 10.4. The lowest BCUT2D eigenvalue weighted by molar-refractivity contribution is -0.131. The molecule has 0 aliphatic carbocycles. The van der Waals surface area contributed by atoms with E-state index < -0.39 is 5.97 Å². The van der Waals surface area contributed by atoms with Gasteiger partial charge in [0.25, 0.3) is 0 Å². The zero-order chi connectivity index (χ0) is 12.0. The van der Waals surface area contributed by atoms with Crippen LogP contribution < -0.4 is 4.74 Å². The van der Waals surface area contributed by atoms with Gasteiger partial charge in [0.15, 0.2) is 0 Å². The molecule has 0 atom stereocenters. The molecule has 0 bridgehead atoms. The van der Waals surface area contributed by atoms with Crippen molar-refractivity contribution in [1.29, 1.82) is 0 Å². The lowest BCUT2D eigenvalue weighted by atomic mass is 10.1. The summed E-state index contributed by atoms with van der Waals surface area (Å²) in [6.07, 6.45) is 7.65. The summed E-state index contributed by atoms with van der Waals surface area (Å²) in [7, 11) is 0. The predicted octanol–water partition coefficient (Wildman–Crippen LogP) is 2.10. The van der Waals surface area contributed by atoms with Crippen molar-refractivity contribution in [3.63, 3.8) is 0 Å². The van der Waals surface area contributed by atoms with Gasteiger partial charge in [0.2, 0.25) is 0 Å². The summed E-state index contributed by atoms with van der Waals surface area (Å²) >= 11 is 0. The van der Waals surface area contributed by atoms with Gasteiger partial charge in [-0.05, 0) is 25.1 Å². The number of ether oxygens (including phenoxy) is 1. The highest BCUT2D eigenvalue weighted by molar-refractivity contribution is 5.85. The van der Waals surface area contributed by atoms with Crippen LogP contribution >= 0.6 is 0 Å². The van der Waals surface area contributed by atoms with Gasteiger partial charge in [0.1, 0.15) is 12.4 Å². The van der Waals surface area contributed by atoms with E-state index in [1.54, 1.807) is 6.07 Å². The van der Waals surface area contributed by atoms with E-state index in [1.807, 2.05) is 19.1 Å². The lowest BCUT2D eigenvalue weighted by Crippen LogP contribution is -1.96. The number of benzene rings is 1. The minimum atomic E-state index is -0.996. The van der Waals surface area contributed by atoms with Gasteiger partial charge in [-0.2, -0.15) is 0 Å². The molecule has 3 nitrogen and oxygen atoms in total. The number of hydrogen-bond acceptors (Lipinski definition) is 2. The Hall–Kier alpha value is -2.21. The van der Waals surface area contributed by atoms with Crippen LogP contribution in [0.2, 0.25) is 0 Å². The standard InChI is InChI=1S/C13H12O3/c1-3-8-16-12-6-4-10(2)9-11(12)5-7-13(14)15/h1,4-7,9H,8H2,2H3,(H,14,15). The Morgan fingerprint density at radius 2 is 2.38 bits per heavy atom. The Morgan fingerprint density at radius 1 is 1.62 bits per heavy atom. The van der Waals surface area contributed by atoms with Crippen molar-refractivity contribution in [2.45, 2.75) is 6.92 Å². The smallest absolute Gasteiger partial charge is 0.328 e. The first-order chi connectivity index (χ1) is 7.63. The van der Waals surface area contributed by atoms with Gasteiger partial charge in [0, 0.05) is 11.6 Å². The largest absolute Gasteiger partial charge is 0.480 e. The van der Waals surface area contributed by atoms with E-state index in [2.05, 4.69) is 5.92 Å². The summed E-state index contributed by atoms with van der Waals surface area (Å²) < 4.78 is 5.29. The molecule has 1 N–H and O–H groups in total. The Labute approximate surface area is 94.4 Å². The van der Waals surface area contributed by atoms with E-state index in [0.29, 0.717) is 11.3 Å². The van der Waals surface area contributed by atoms with Crippen LogP contribution in [0.25, 0.3) is 6.08 Å². The summed E-state index contributed by atoms with van der Waals surface area (Å²) in [5, 5.41) is 8.55. The molecule has 0 aliphatic rings. The average molecular weight is 216 g/mol. The molecule has 0 aromatic heterocycles. The van der Waals surface area contributed by atoms with Crippen LogP contribution in [0.15, 0.2) is 24.3 Å². The van der Waals surface area contributed by atoms with Crippen molar-refractivity contribution in [2.75, 3.05) is 6.61 Å². The Morgan fingerprint density at radius 3 is 3.00 bits per heavy atom. The van der Waals surface area contributed by atoms with Crippen LogP contribution in [0, 0.1) is 19.3 Å². The Balaban J connectivity index is 2.99. The van der Waals surface area contributed by atoms with Crippen molar-refractivity contribution in [3.05, 3.63) is 35.4 Å². The lowest BCUT2D eigenvalue weighted by Gasteiger charge is -2.07. The van der Waals surface area contributed by atoms with E-state index in [-0.39, 0.29) is 6.61 Å². The summed E-state index contributed by atoms with van der Waals surface area (Å²) in [5.41, 5.74) is 1.73. The highest BCUT2D eigenvalue weighted by Gasteiger charge is 2.01. The molecule has 0 heterocycles. The van der Waals surface area contributed by atoms with Crippen LogP contribution in [0.4, 0.5) is 0 Å². The van der Waals surface area contributed by atoms with Crippen LogP contribution in [0.1, 0.15) is 11.1 Å². The maximum absolute atomic E-state index is 10.4. The molecular weight excluding hydrogens is 204 g/mol. The SMILES string of the molecule is C#CCOc1ccc(C)cc1C=CC(=O)O. The van der Waals surface area contributed by atoms with Gasteiger partial charge in [-0.25, -0.2) is 4.79 Å². The number of rotatable bonds is 4. The molecular formula is C13H12O3. The number of hydrogen-bond donors (Lipinski definition) is 1. The Kier molecular flexibility index (Phi) is 4.16. The molecule has 16 heavy (non-hydrogen) atoms. The van der Waals surface area contributed by atoms with E-state index >= 15 is 0 Å². The molecule has 0 unspecified atom stereocenters. The second-order valence-corrected chi connectivity index (χ2v) is 3.21. The molecule has 82 valence electrons. The van der Waals surface area contributed by atoms with Gasteiger partial charge in [-0.3, -0.25) is 0 Å². The third-order valence-electron chi connectivity index (χ3n) is 1.88. The topological polar surface area (TPSA) is 46.5 Å². The molecule has 0 radical (unpaired) electrons. The van der Waals surface area contributed by atoms with Gasteiger partial charge in [0.05, 0.1) is 0 Å². The molecule has 0 fully saturated rings. The summed E-state index contributed by atoms with van der Waals surface area (Å²) in [6, 6.07) is 5.49. The second kappa shape index (κ2) is 5.62. The Bertz CT molecular complexity index is 453. The van der Waals surface area contributed by atoms with Crippen molar-refractivity contribution in [2.24, 2.45) is 0 Å². The maximum Gasteiger partial charge on any atom is 0.328 e. The van der Waals surface area contributed by atoms with Crippen LogP contribution in [-0.4, -0.2) is 17.7 Å². The van der Waals surface area contributed by atoms with Crippen LogP contribution in [0.3, 0.4) is 0 Å². The molecule has 1 aromatic carbocycles. The molecule has 0 saturated heterocycles. The molecule has 0 saturated carbocycles. The van der Waals surface area contributed by atoms with E-state index in [9.17, 15) is 4.79 Å². The van der Waals surface area contributed by atoms with Crippen molar-refractivity contribution < 1.29 is 14.6 Å². The molecule has 0 spiro atoms. The number of aryl methyl sites for hydroxylation is 1. The van der Waals surface area contributed by atoms with Crippen molar-refractivity contribution >= 4 is 12.0 Å². The van der Waals surface area contributed by atoms with Crippen molar-refractivity contribution in [1.82, 2.24) is 0 Å². The number of aliphatic carboxylic acids is 1. The minimum Gasteiger partial charge on any atom is -0.480 e. The third kappa shape index (κ3) is 3.50. The fraction of sp³-hybridized carbons (Fsp3) is 0.154. The van der Waals surface area contributed by atoms with Gasteiger partial charge in [-0.15, -0.1) is 6.42 Å². The van der Waals surface area contributed by atoms with Gasteiger partial charge < -0.3 is 9.84 Å². The highest BCUT2D eigenvalue weighted by Crippen LogP contribution is 2.21. The first kappa shape index (κ1) is 11.9. The fourth-order valence-corrected chi connectivity index (χ4v) is 1.21. The maximum atomic E-state index is 10.4. The normalized spacial score (nSPS) is 10.0. The molecule has 1 rings (SSSR count). The first-order valence-corrected chi connectivity index (χ1v) is 4.71. The quantitative estimate of drug-likeness (QED) is 0.619. The molecule has 0 amide bonds. The van der Waals surface area contributed by atoms with E-state index in [4.69, 9.17) is 16.3 Å². The zero-order valence-electron chi connectivity index (χ0n) is 8.93. The minimum absolute atomic E-state index is 0.164. The number of carbonyl (C=O) groups is 1. The highest BCUT2D eigenvalue weighted by atomic mass is 16.5. The number of terminal acetylenes is 1. The summed E-state index contributed by atoms with van der Waals surface area (Å²) in [6.45, 7) is 2.08. The number of carboxylic acids is 1.